The first-order chi connectivity index (χ1) is 8.30. The molecule has 1 atom stereocenters. The van der Waals surface area contributed by atoms with Crippen LogP contribution in [0, 0.1) is 16.7 Å². The lowest BCUT2D eigenvalue weighted by atomic mass is 9.75. The number of nitrogens with zero attached hydrogens (tertiary/aromatic N) is 1. The Hall–Kier alpha value is -0.0800. The van der Waals surface area contributed by atoms with Crippen molar-refractivity contribution >= 4 is 0 Å². The average Bonchev–Trinajstić information content (AvgIpc) is 2.29. The number of aliphatic hydroxyl groups excluding tert-OH is 1. The highest BCUT2D eigenvalue weighted by Crippen LogP contribution is 2.35. The Kier molecular flexibility index (Phi) is 5.67. The van der Waals surface area contributed by atoms with E-state index in [1.807, 2.05) is 0 Å². The lowest BCUT2D eigenvalue weighted by Gasteiger charge is -2.42. The molecule has 0 aromatic rings. The SMILES string of the molecule is CCCC(C)(CO)CN1CCC(C(C)(C)C)CC1. The van der Waals surface area contributed by atoms with Gasteiger partial charge in [0, 0.05) is 18.6 Å². The van der Waals surface area contributed by atoms with E-state index in [-0.39, 0.29) is 5.41 Å². The van der Waals surface area contributed by atoms with Gasteiger partial charge in [-0.05, 0) is 43.7 Å². The molecule has 1 unspecified atom stereocenters. The summed E-state index contributed by atoms with van der Waals surface area (Å²) in [5, 5.41) is 9.60. The molecule has 1 aliphatic rings. The van der Waals surface area contributed by atoms with Crippen LogP contribution in [0.4, 0.5) is 0 Å². The van der Waals surface area contributed by atoms with Crippen molar-refractivity contribution in [3.63, 3.8) is 0 Å². The molecule has 0 aliphatic carbocycles. The van der Waals surface area contributed by atoms with Gasteiger partial charge < -0.3 is 10.0 Å². The van der Waals surface area contributed by atoms with Crippen LogP contribution in [-0.2, 0) is 0 Å². The molecule has 0 spiro atoms. The van der Waals surface area contributed by atoms with Crippen LogP contribution < -0.4 is 0 Å². The largest absolute Gasteiger partial charge is 0.396 e. The topological polar surface area (TPSA) is 23.5 Å². The molecular formula is C16H33NO. The van der Waals surface area contributed by atoms with Gasteiger partial charge in [-0.15, -0.1) is 0 Å². The second-order valence-corrected chi connectivity index (χ2v) is 7.64. The van der Waals surface area contributed by atoms with E-state index in [0.717, 1.165) is 25.3 Å². The van der Waals surface area contributed by atoms with Crippen molar-refractivity contribution in [2.24, 2.45) is 16.7 Å². The van der Waals surface area contributed by atoms with Gasteiger partial charge >= 0.3 is 0 Å². The summed E-state index contributed by atoms with van der Waals surface area (Å²) in [7, 11) is 0. The highest BCUT2D eigenvalue weighted by atomic mass is 16.3. The van der Waals surface area contributed by atoms with Gasteiger partial charge in [0.15, 0.2) is 0 Å². The molecule has 2 heteroatoms. The third-order valence-corrected chi connectivity index (χ3v) is 4.65. The van der Waals surface area contributed by atoms with Crippen LogP contribution in [0.5, 0.6) is 0 Å². The van der Waals surface area contributed by atoms with Gasteiger partial charge in [-0.1, -0.05) is 41.0 Å². The lowest BCUT2D eigenvalue weighted by Crippen LogP contribution is -2.44. The van der Waals surface area contributed by atoms with Crippen LogP contribution in [0.2, 0.25) is 0 Å². The highest BCUT2D eigenvalue weighted by Gasteiger charge is 2.32. The summed E-state index contributed by atoms with van der Waals surface area (Å²) >= 11 is 0. The summed E-state index contributed by atoms with van der Waals surface area (Å²) in [6.07, 6.45) is 4.92. The third-order valence-electron chi connectivity index (χ3n) is 4.65. The highest BCUT2D eigenvalue weighted by molar-refractivity contribution is 4.84. The lowest BCUT2D eigenvalue weighted by molar-refractivity contribution is 0.0460. The van der Waals surface area contributed by atoms with Gasteiger partial charge in [0.05, 0.1) is 0 Å². The molecule has 1 N–H and O–H groups in total. The number of likely N-dealkylation sites (tertiary alicyclic amines) is 1. The van der Waals surface area contributed by atoms with Gasteiger partial charge in [-0.2, -0.15) is 0 Å². The fraction of sp³-hybridized carbons (Fsp3) is 1.00. The standard InChI is InChI=1S/C16H33NO/c1-6-9-16(5,13-18)12-17-10-7-14(8-11-17)15(2,3)4/h14,18H,6-13H2,1-5H3. The summed E-state index contributed by atoms with van der Waals surface area (Å²) in [5.41, 5.74) is 0.555. The smallest absolute Gasteiger partial charge is 0.0497 e. The predicted octanol–water partition coefficient (Wildman–Crippen LogP) is 3.54. The Labute approximate surface area is 114 Å². The van der Waals surface area contributed by atoms with Crippen LogP contribution in [-0.4, -0.2) is 36.2 Å². The van der Waals surface area contributed by atoms with Gasteiger partial charge in [-0.3, -0.25) is 0 Å². The van der Waals surface area contributed by atoms with E-state index in [0.29, 0.717) is 12.0 Å². The monoisotopic (exact) mass is 255 g/mol. The molecule has 0 amide bonds. The summed E-state index contributed by atoms with van der Waals surface area (Å²) < 4.78 is 0. The molecule has 1 rings (SSSR count). The summed E-state index contributed by atoms with van der Waals surface area (Å²) in [6, 6.07) is 0. The third kappa shape index (κ3) is 4.55. The molecule has 2 nitrogen and oxygen atoms in total. The second-order valence-electron chi connectivity index (χ2n) is 7.64. The first-order valence-electron chi connectivity index (χ1n) is 7.64. The summed E-state index contributed by atoms with van der Waals surface area (Å²) in [4.78, 5) is 2.56. The minimum absolute atomic E-state index is 0.101. The Morgan fingerprint density at radius 2 is 1.67 bits per heavy atom. The van der Waals surface area contributed by atoms with Crippen LogP contribution in [0.3, 0.4) is 0 Å². The number of hydrogen-bond donors (Lipinski definition) is 1. The fourth-order valence-electron chi connectivity index (χ4n) is 3.31. The molecule has 0 aromatic heterocycles. The fourth-order valence-corrected chi connectivity index (χ4v) is 3.31. The van der Waals surface area contributed by atoms with Crippen molar-refractivity contribution in [3.8, 4) is 0 Å². The normalized spacial score (nSPS) is 23.0. The van der Waals surface area contributed by atoms with Crippen LogP contribution in [0.1, 0.15) is 60.3 Å². The van der Waals surface area contributed by atoms with Gasteiger partial charge in [-0.25, -0.2) is 0 Å². The van der Waals surface area contributed by atoms with Crippen molar-refractivity contribution in [2.75, 3.05) is 26.2 Å². The quantitative estimate of drug-likeness (QED) is 0.812. The van der Waals surface area contributed by atoms with Crippen molar-refractivity contribution in [3.05, 3.63) is 0 Å². The van der Waals surface area contributed by atoms with E-state index >= 15 is 0 Å². The van der Waals surface area contributed by atoms with Crippen molar-refractivity contribution in [1.29, 1.82) is 0 Å². The maximum absolute atomic E-state index is 9.60. The number of hydrogen-bond acceptors (Lipinski definition) is 2. The first kappa shape index (κ1) is 16.0. The zero-order valence-corrected chi connectivity index (χ0v) is 13.1. The van der Waals surface area contributed by atoms with Crippen molar-refractivity contribution in [1.82, 2.24) is 4.90 Å². The average molecular weight is 255 g/mol. The number of rotatable bonds is 5. The molecule has 108 valence electrons. The molecule has 1 saturated heterocycles. The molecule has 0 aromatic carbocycles. The molecule has 18 heavy (non-hydrogen) atoms. The minimum atomic E-state index is 0.101. The molecule has 0 saturated carbocycles. The number of piperidine rings is 1. The molecule has 1 fully saturated rings. The maximum atomic E-state index is 9.60. The second kappa shape index (κ2) is 6.38. The van der Waals surface area contributed by atoms with Gasteiger partial charge in [0.1, 0.15) is 0 Å². The van der Waals surface area contributed by atoms with Crippen LogP contribution >= 0.6 is 0 Å². The van der Waals surface area contributed by atoms with E-state index in [2.05, 4.69) is 39.5 Å². The molecule has 1 heterocycles. The molecular weight excluding hydrogens is 222 g/mol. The van der Waals surface area contributed by atoms with Gasteiger partial charge in [0.2, 0.25) is 0 Å². The minimum Gasteiger partial charge on any atom is -0.396 e. The van der Waals surface area contributed by atoms with Crippen molar-refractivity contribution in [2.45, 2.75) is 60.3 Å². The Morgan fingerprint density at radius 1 is 1.11 bits per heavy atom. The van der Waals surface area contributed by atoms with E-state index in [1.54, 1.807) is 0 Å². The maximum Gasteiger partial charge on any atom is 0.0497 e. The summed E-state index contributed by atoms with van der Waals surface area (Å²) in [5.74, 6) is 0.861. The van der Waals surface area contributed by atoms with Gasteiger partial charge in [0.25, 0.3) is 0 Å². The van der Waals surface area contributed by atoms with Crippen molar-refractivity contribution < 1.29 is 5.11 Å². The van der Waals surface area contributed by atoms with E-state index in [4.69, 9.17) is 0 Å². The number of aliphatic hydroxyl groups is 1. The van der Waals surface area contributed by atoms with Crippen LogP contribution in [0.25, 0.3) is 0 Å². The molecule has 1 aliphatic heterocycles. The van der Waals surface area contributed by atoms with E-state index < -0.39 is 0 Å². The van der Waals surface area contributed by atoms with E-state index in [9.17, 15) is 5.11 Å². The first-order valence-corrected chi connectivity index (χ1v) is 7.64. The Morgan fingerprint density at radius 3 is 2.06 bits per heavy atom. The van der Waals surface area contributed by atoms with Crippen LogP contribution in [0.15, 0.2) is 0 Å². The van der Waals surface area contributed by atoms with E-state index in [1.165, 1.54) is 25.9 Å². The molecule has 0 radical (unpaired) electrons. The zero-order valence-electron chi connectivity index (χ0n) is 13.1. The Balaban J connectivity index is 2.44. The summed E-state index contributed by atoms with van der Waals surface area (Å²) in [6.45, 7) is 15.3. The predicted molar refractivity (Wildman–Crippen MR) is 78.7 cm³/mol. The molecule has 0 bridgehead atoms. The zero-order chi connectivity index (χ0) is 13.8. The Bertz CT molecular complexity index is 238.